The van der Waals surface area contributed by atoms with Crippen molar-refractivity contribution < 1.29 is 4.79 Å². The quantitative estimate of drug-likeness (QED) is 0.745. The Morgan fingerprint density at radius 2 is 1.87 bits per heavy atom. The fourth-order valence-electron chi connectivity index (χ4n) is 5.30. The summed E-state index contributed by atoms with van der Waals surface area (Å²) in [5.74, 6) is 3.57. The largest absolute Gasteiger partial charge is 0.360 e. The number of ketones is 1. The van der Waals surface area contributed by atoms with Crippen LogP contribution in [0.15, 0.2) is 4.34 Å². The van der Waals surface area contributed by atoms with E-state index in [4.69, 9.17) is 0 Å². The van der Waals surface area contributed by atoms with Gasteiger partial charge in [-0.05, 0) is 62.7 Å². The van der Waals surface area contributed by atoms with E-state index in [2.05, 4.69) is 22.4 Å². The third-order valence-corrected chi connectivity index (χ3v) is 7.90. The van der Waals surface area contributed by atoms with Crippen LogP contribution < -0.4 is 5.32 Å². The summed E-state index contributed by atoms with van der Waals surface area (Å²) in [6.45, 7) is 3.05. The minimum absolute atomic E-state index is 0.0235. The zero-order valence-electron chi connectivity index (χ0n) is 13.7. The van der Waals surface area contributed by atoms with E-state index in [9.17, 15) is 4.79 Å². The van der Waals surface area contributed by atoms with Gasteiger partial charge in [0.15, 0.2) is 4.34 Å². The van der Waals surface area contributed by atoms with Crippen LogP contribution in [0.4, 0.5) is 5.13 Å². The third-order valence-electron chi connectivity index (χ3n) is 5.89. The highest BCUT2D eigenvalue weighted by atomic mass is 32.2. The maximum absolute atomic E-state index is 13.0. The number of nitrogens with zero attached hydrogens (tertiary/aromatic N) is 2. The molecule has 4 aliphatic carbocycles. The molecule has 4 fully saturated rings. The number of thioether (sulfide) groups is 1. The Labute approximate surface area is 146 Å². The number of nitrogens with one attached hydrogen (secondary N) is 1. The Hall–Kier alpha value is -0.620. The zero-order valence-corrected chi connectivity index (χ0v) is 15.3. The van der Waals surface area contributed by atoms with Crippen molar-refractivity contribution in [2.45, 2.75) is 56.2 Å². The van der Waals surface area contributed by atoms with E-state index in [0.717, 1.165) is 40.2 Å². The summed E-state index contributed by atoms with van der Waals surface area (Å²) < 4.78 is 0.918. The molecule has 1 N–H and O–H groups in total. The summed E-state index contributed by atoms with van der Waals surface area (Å²) in [4.78, 5) is 13.0. The van der Waals surface area contributed by atoms with Gasteiger partial charge in [-0.2, -0.15) is 0 Å². The van der Waals surface area contributed by atoms with Gasteiger partial charge >= 0.3 is 0 Å². The first-order chi connectivity index (χ1) is 11.2. The summed E-state index contributed by atoms with van der Waals surface area (Å²) in [5, 5.41) is 12.5. The van der Waals surface area contributed by atoms with E-state index in [1.807, 2.05) is 0 Å². The molecule has 0 aliphatic heterocycles. The van der Waals surface area contributed by atoms with E-state index in [1.54, 1.807) is 23.1 Å². The van der Waals surface area contributed by atoms with E-state index >= 15 is 0 Å². The van der Waals surface area contributed by atoms with Crippen LogP contribution in [0, 0.1) is 23.2 Å². The Bertz CT molecular complexity index is 551. The number of hydrogen-bond donors (Lipinski definition) is 1. The van der Waals surface area contributed by atoms with Crippen LogP contribution in [-0.2, 0) is 4.79 Å². The van der Waals surface area contributed by atoms with Crippen molar-refractivity contribution in [2.24, 2.45) is 23.2 Å². The van der Waals surface area contributed by atoms with Crippen LogP contribution in [0.1, 0.15) is 51.9 Å². The molecule has 5 rings (SSSR count). The number of anilines is 1. The lowest BCUT2D eigenvalue weighted by Crippen LogP contribution is -2.50. The molecule has 1 heterocycles. The average molecular weight is 352 g/mol. The highest BCUT2D eigenvalue weighted by Gasteiger charge is 2.54. The summed E-state index contributed by atoms with van der Waals surface area (Å²) in [6.07, 6.45) is 8.74. The monoisotopic (exact) mass is 351 g/mol. The second-order valence-electron chi connectivity index (χ2n) is 7.71. The van der Waals surface area contributed by atoms with E-state index in [-0.39, 0.29) is 5.41 Å². The van der Waals surface area contributed by atoms with Crippen LogP contribution in [-0.4, -0.2) is 28.3 Å². The molecule has 0 atom stereocenters. The van der Waals surface area contributed by atoms with Crippen LogP contribution in [0.3, 0.4) is 0 Å². The van der Waals surface area contributed by atoms with Gasteiger partial charge in [0.1, 0.15) is 5.78 Å². The molecule has 4 nitrogen and oxygen atoms in total. The van der Waals surface area contributed by atoms with Crippen molar-refractivity contribution in [3.05, 3.63) is 0 Å². The highest BCUT2D eigenvalue weighted by molar-refractivity contribution is 8.01. The molecule has 4 aliphatic rings. The lowest BCUT2D eigenvalue weighted by atomic mass is 9.48. The van der Waals surface area contributed by atoms with Crippen molar-refractivity contribution >= 4 is 34.0 Å². The molecule has 0 saturated heterocycles. The molecule has 0 amide bonds. The van der Waals surface area contributed by atoms with Gasteiger partial charge in [0.05, 0.1) is 5.75 Å². The summed E-state index contributed by atoms with van der Waals surface area (Å²) in [6, 6.07) is 0. The van der Waals surface area contributed by atoms with Crippen LogP contribution in [0.5, 0.6) is 0 Å². The molecule has 23 heavy (non-hydrogen) atoms. The molecule has 6 heteroatoms. The average Bonchev–Trinajstić information content (AvgIpc) is 2.97. The topological polar surface area (TPSA) is 54.9 Å². The number of aromatic nitrogens is 2. The minimum Gasteiger partial charge on any atom is -0.360 e. The van der Waals surface area contributed by atoms with E-state index in [1.165, 1.54) is 38.5 Å². The van der Waals surface area contributed by atoms with Crippen molar-refractivity contribution in [2.75, 3.05) is 17.6 Å². The van der Waals surface area contributed by atoms with Crippen LogP contribution in [0.25, 0.3) is 0 Å². The highest BCUT2D eigenvalue weighted by Crippen LogP contribution is 2.60. The fourth-order valence-corrected chi connectivity index (χ4v) is 7.12. The number of carbonyl (C=O) groups excluding carboxylic acids is 1. The van der Waals surface area contributed by atoms with Crippen molar-refractivity contribution in [1.82, 2.24) is 10.2 Å². The maximum atomic E-state index is 13.0. The molecule has 126 valence electrons. The van der Waals surface area contributed by atoms with Gasteiger partial charge in [-0.1, -0.05) is 30.0 Å². The number of hydrogen-bond acceptors (Lipinski definition) is 6. The van der Waals surface area contributed by atoms with Gasteiger partial charge in [-0.15, -0.1) is 10.2 Å². The number of Topliss-reactive ketones (excluding diaryl/α,β-unsaturated/α-hetero) is 1. The van der Waals surface area contributed by atoms with Gasteiger partial charge < -0.3 is 5.32 Å². The lowest BCUT2D eigenvalue weighted by Gasteiger charge is -2.56. The van der Waals surface area contributed by atoms with Gasteiger partial charge in [-0.3, -0.25) is 4.79 Å². The normalized spacial score (nSPS) is 34.7. The summed E-state index contributed by atoms with van der Waals surface area (Å²) >= 11 is 3.16. The van der Waals surface area contributed by atoms with Crippen molar-refractivity contribution in [1.29, 1.82) is 0 Å². The SMILES string of the molecule is CCCNc1nnc(SCC(=O)C23CC4CC(CC(C4)C2)C3)s1. The molecule has 1 aromatic rings. The Morgan fingerprint density at radius 3 is 2.48 bits per heavy atom. The van der Waals surface area contributed by atoms with Crippen molar-refractivity contribution in [3.63, 3.8) is 0 Å². The first kappa shape index (κ1) is 15.9. The predicted molar refractivity (Wildman–Crippen MR) is 95.0 cm³/mol. The molecule has 1 aromatic heterocycles. The van der Waals surface area contributed by atoms with E-state index < -0.39 is 0 Å². The third kappa shape index (κ3) is 3.16. The number of rotatable bonds is 7. The molecular weight excluding hydrogens is 326 g/mol. The first-order valence-electron chi connectivity index (χ1n) is 8.90. The second-order valence-corrected chi connectivity index (χ2v) is 9.91. The molecule has 0 spiro atoms. The Balaban J connectivity index is 1.36. The van der Waals surface area contributed by atoms with Gasteiger partial charge in [0.2, 0.25) is 5.13 Å². The Kier molecular flexibility index (Phi) is 4.39. The molecular formula is C17H25N3OS2. The molecule has 0 radical (unpaired) electrons. The fraction of sp³-hybridized carbons (Fsp3) is 0.824. The van der Waals surface area contributed by atoms with Gasteiger partial charge in [-0.25, -0.2) is 0 Å². The Morgan fingerprint density at radius 1 is 1.22 bits per heavy atom. The minimum atomic E-state index is 0.0235. The number of carbonyl (C=O) groups is 1. The van der Waals surface area contributed by atoms with Gasteiger partial charge in [0.25, 0.3) is 0 Å². The zero-order chi connectivity index (χ0) is 15.9. The molecule has 0 unspecified atom stereocenters. The predicted octanol–water partition coefficient (Wildman–Crippen LogP) is 4.24. The smallest absolute Gasteiger partial charge is 0.206 e. The van der Waals surface area contributed by atoms with Crippen molar-refractivity contribution in [3.8, 4) is 0 Å². The molecule has 4 bridgehead atoms. The summed E-state index contributed by atoms with van der Waals surface area (Å²) in [7, 11) is 0. The molecule has 4 saturated carbocycles. The summed E-state index contributed by atoms with van der Waals surface area (Å²) in [5.41, 5.74) is 0.0235. The van der Waals surface area contributed by atoms with E-state index in [0.29, 0.717) is 11.5 Å². The standard InChI is InChI=1S/C17H25N3OS2/c1-2-3-18-15-19-20-16(23-15)22-10-14(21)17-7-11-4-12(8-17)6-13(5-11)9-17/h11-13H,2-10H2,1H3,(H,18,19). The first-order valence-corrected chi connectivity index (χ1v) is 10.7. The van der Waals surface area contributed by atoms with Gasteiger partial charge in [0, 0.05) is 12.0 Å². The lowest BCUT2D eigenvalue weighted by molar-refractivity contribution is -0.141. The molecule has 0 aromatic carbocycles. The second kappa shape index (κ2) is 6.36. The van der Waals surface area contributed by atoms with Crippen LogP contribution >= 0.6 is 23.1 Å². The van der Waals surface area contributed by atoms with Crippen LogP contribution in [0.2, 0.25) is 0 Å². The maximum Gasteiger partial charge on any atom is 0.206 e.